The van der Waals surface area contributed by atoms with Crippen LogP contribution in [-0.4, -0.2) is 28.3 Å². The Labute approximate surface area is 88.8 Å². The van der Waals surface area contributed by atoms with E-state index >= 15 is 0 Å². The molecule has 1 rings (SSSR count). The Kier molecular flexibility index (Phi) is 3.92. The van der Waals surface area contributed by atoms with Gasteiger partial charge in [-0.05, 0) is 32.4 Å². The molecule has 0 aromatic carbocycles. The van der Waals surface area contributed by atoms with Crippen LogP contribution in [0.4, 0.5) is 0 Å². The Morgan fingerprint density at radius 1 is 1.69 bits per heavy atom. The maximum Gasteiger partial charge on any atom is 0.233 e. The zero-order chi connectivity index (χ0) is 9.90. The second kappa shape index (κ2) is 4.56. The van der Waals surface area contributed by atoms with Crippen LogP contribution in [0.15, 0.2) is 0 Å². The summed E-state index contributed by atoms with van der Waals surface area (Å²) in [5.41, 5.74) is -0.276. The average Bonchev–Trinajstić information content (AvgIpc) is 2.55. The molecule has 1 saturated heterocycles. The first-order chi connectivity index (χ1) is 6.05. The minimum absolute atomic E-state index is 0.146. The number of thioether (sulfide) groups is 1. The Bertz CT molecular complexity index is 190. The quantitative estimate of drug-likeness (QED) is 0.739. The maximum absolute atomic E-state index is 11.6. The van der Waals surface area contributed by atoms with Crippen LogP contribution in [0.25, 0.3) is 0 Å². The summed E-state index contributed by atoms with van der Waals surface area (Å²) in [5, 5.41) is 3.11. The van der Waals surface area contributed by atoms with Crippen LogP contribution in [0.5, 0.6) is 0 Å². The number of carbonyl (C=O) groups excluding carboxylic acids is 1. The summed E-state index contributed by atoms with van der Waals surface area (Å²) in [6.07, 6.45) is 2.17. The molecule has 0 spiro atoms. The van der Waals surface area contributed by atoms with Crippen LogP contribution < -0.4 is 5.32 Å². The van der Waals surface area contributed by atoms with Crippen molar-refractivity contribution >= 4 is 29.3 Å². The van der Waals surface area contributed by atoms with Crippen LogP contribution in [0, 0.1) is 0 Å². The molecule has 13 heavy (non-hydrogen) atoms. The standard InChI is InChI=1S/C9H16ClNOS/c1-9(2,6-10)11-8(12)7-4-3-5-13-7/h7H,3-6H2,1-2H3,(H,11,12). The molecule has 0 bridgehead atoms. The number of hydrogen-bond acceptors (Lipinski definition) is 2. The van der Waals surface area contributed by atoms with Gasteiger partial charge in [-0.25, -0.2) is 0 Å². The SMILES string of the molecule is CC(C)(CCl)NC(=O)C1CCCS1. The molecule has 1 amide bonds. The number of halogens is 1. The van der Waals surface area contributed by atoms with Crippen molar-refractivity contribution in [1.29, 1.82) is 0 Å². The fraction of sp³-hybridized carbons (Fsp3) is 0.889. The summed E-state index contributed by atoms with van der Waals surface area (Å²) in [4.78, 5) is 11.6. The summed E-state index contributed by atoms with van der Waals surface area (Å²) in [6, 6.07) is 0. The normalized spacial score (nSPS) is 23.2. The fourth-order valence-electron chi connectivity index (χ4n) is 1.23. The number of carbonyl (C=O) groups is 1. The second-order valence-electron chi connectivity index (χ2n) is 4.01. The topological polar surface area (TPSA) is 29.1 Å². The summed E-state index contributed by atoms with van der Waals surface area (Å²) in [6.45, 7) is 3.88. The monoisotopic (exact) mass is 221 g/mol. The molecule has 1 aliphatic rings. The number of alkyl halides is 1. The number of amides is 1. The van der Waals surface area contributed by atoms with E-state index in [1.807, 2.05) is 13.8 Å². The van der Waals surface area contributed by atoms with Gasteiger partial charge in [0.25, 0.3) is 0 Å². The minimum Gasteiger partial charge on any atom is -0.349 e. The van der Waals surface area contributed by atoms with Crippen molar-refractivity contribution in [2.75, 3.05) is 11.6 Å². The van der Waals surface area contributed by atoms with E-state index in [9.17, 15) is 4.79 Å². The molecule has 0 aromatic heterocycles. The van der Waals surface area contributed by atoms with E-state index in [1.165, 1.54) is 0 Å². The number of hydrogen-bond donors (Lipinski definition) is 1. The highest BCUT2D eigenvalue weighted by molar-refractivity contribution is 8.00. The van der Waals surface area contributed by atoms with Crippen LogP contribution in [-0.2, 0) is 4.79 Å². The second-order valence-corrected chi connectivity index (χ2v) is 5.59. The van der Waals surface area contributed by atoms with Crippen molar-refractivity contribution in [3.63, 3.8) is 0 Å². The minimum atomic E-state index is -0.276. The molecule has 1 aliphatic heterocycles. The zero-order valence-corrected chi connectivity index (χ0v) is 9.67. The lowest BCUT2D eigenvalue weighted by molar-refractivity contribution is -0.121. The largest absolute Gasteiger partial charge is 0.349 e. The van der Waals surface area contributed by atoms with Gasteiger partial charge in [0.2, 0.25) is 5.91 Å². The Balaban J connectivity index is 2.40. The Morgan fingerprint density at radius 3 is 2.85 bits per heavy atom. The number of rotatable bonds is 3. The molecule has 4 heteroatoms. The van der Waals surface area contributed by atoms with Gasteiger partial charge < -0.3 is 5.32 Å². The fourth-order valence-corrected chi connectivity index (χ4v) is 2.46. The molecule has 0 radical (unpaired) electrons. The van der Waals surface area contributed by atoms with Crippen molar-refractivity contribution in [3.05, 3.63) is 0 Å². The van der Waals surface area contributed by atoms with Gasteiger partial charge in [0.05, 0.1) is 5.25 Å². The third-order valence-electron chi connectivity index (χ3n) is 2.02. The van der Waals surface area contributed by atoms with Gasteiger partial charge in [-0.3, -0.25) is 4.79 Å². The van der Waals surface area contributed by atoms with E-state index < -0.39 is 0 Å². The molecule has 1 unspecified atom stereocenters. The van der Waals surface area contributed by atoms with Crippen LogP contribution >= 0.6 is 23.4 Å². The van der Waals surface area contributed by atoms with Crippen molar-refractivity contribution in [2.45, 2.75) is 37.5 Å². The molecule has 1 fully saturated rings. The van der Waals surface area contributed by atoms with Crippen molar-refractivity contribution < 1.29 is 4.79 Å². The highest BCUT2D eigenvalue weighted by Gasteiger charge is 2.27. The van der Waals surface area contributed by atoms with E-state index in [-0.39, 0.29) is 16.7 Å². The van der Waals surface area contributed by atoms with Crippen LogP contribution in [0.3, 0.4) is 0 Å². The van der Waals surface area contributed by atoms with E-state index in [2.05, 4.69) is 5.32 Å². The summed E-state index contributed by atoms with van der Waals surface area (Å²) >= 11 is 7.47. The van der Waals surface area contributed by atoms with Gasteiger partial charge in [0, 0.05) is 11.4 Å². The average molecular weight is 222 g/mol. The lowest BCUT2D eigenvalue weighted by atomic mass is 10.1. The van der Waals surface area contributed by atoms with Gasteiger partial charge in [-0.15, -0.1) is 23.4 Å². The summed E-state index contributed by atoms with van der Waals surface area (Å²) < 4.78 is 0. The zero-order valence-electron chi connectivity index (χ0n) is 8.10. The van der Waals surface area contributed by atoms with Gasteiger partial charge in [-0.1, -0.05) is 0 Å². The molecule has 1 N–H and O–H groups in total. The van der Waals surface area contributed by atoms with E-state index in [1.54, 1.807) is 11.8 Å². The van der Waals surface area contributed by atoms with Crippen molar-refractivity contribution in [2.24, 2.45) is 0 Å². The first-order valence-corrected chi connectivity index (χ1v) is 6.13. The van der Waals surface area contributed by atoms with Gasteiger partial charge in [0.1, 0.15) is 0 Å². The number of nitrogens with one attached hydrogen (secondary N) is 1. The summed E-state index contributed by atoms with van der Waals surface area (Å²) in [5.74, 6) is 1.71. The lowest BCUT2D eigenvalue weighted by Crippen LogP contribution is -2.47. The van der Waals surface area contributed by atoms with E-state index in [4.69, 9.17) is 11.6 Å². The molecule has 0 aromatic rings. The van der Waals surface area contributed by atoms with Crippen LogP contribution in [0.2, 0.25) is 0 Å². The molecule has 2 nitrogen and oxygen atoms in total. The van der Waals surface area contributed by atoms with Gasteiger partial charge >= 0.3 is 0 Å². The molecule has 0 aliphatic carbocycles. The lowest BCUT2D eigenvalue weighted by Gasteiger charge is -2.24. The van der Waals surface area contributed by atoms with E-state index in [0.29, 0.717) is 5.88 Å². The highest BCUT2D eigenvalue weighted by atomic mass is 35.5. The predicted octanol–water partition coefficient (Wildman–Crippen LogP) is 2.02. The third kappa shape index (κ3) is 3.39. The molecule has 1 heterocycles. The van der Waals surface area contributed by atoms with E-state index in [0.717, 1.165) is 18.6 Å². The molecular weight excluding hydrogens is 206 g/mol. The molecule has 1 atom stereocenters. The molecular formula is C9H16ClNOS. The third-order valence-corrected chi connectivity index (χ3v) is 4.06. The van der Waals surface area contributed by atoms with Crippen molar-refractivity contribution in [1.82, 2.24) is 5.32 Å². The van der Waals surface area contributed by atoms with Crippen molar-refractivity contribution in [3.8, 4) is 0 Å². The Hall–Kier alpha value is 0.110. The summed E-state index contributed by atoms with van der Waals surface area (Å²) in [7, 11) is 0. The maximum atomic E-state index is 11.6. The van der Waals surface area contributed by atoms with Gasteiger partial charge in [0.15, 0.2) is 0 Å². The smallest absolute Gasteiger partial charge is 0.233 e. The Morgan fingerprint density at radius 2 is 2.38 bits per heavy atom. The highest BCUT2D eigenvalue weighted by Crippen LogP contribution is 2.26. The van der Waals surface area contributed by atoms with Crippen LogP contribution in [0.1, 0.15) is 26.7 Å². The molecule has 0 saturated carbocycles. The predicted molar refractivity (Wildman–Crippen MR) is 58.4 cm³/mol. The molecule has 76 valence electrons. The first-order valence-electron chi connectivity index (χ1n) is 4.55. The van der Waals surface area contributed by atoms with Gasteiger partial charge in [-0.2, -0.15) is 0 Å². The first kappa shape index (κ1) is 11.2.